The highest BCUT2D eigenvalue weighted by Crippen LogP contribution is 2.34. The van der Waals surface area contributed by atoms with E-state index in [9.17, 15) is 9.18 Å². The van der Waals surface area contributed by atoms with Gasteiger partial charge in [0.25, 0.3) is 5.91 Å². The number of rotatable bonds is 5. The molecule has 4 rings (SSSR count). The Balaban J connectivity index is 1.61. The van der Waals surface area contributed by atoms with Crippen molar-refractivity contribution in [3.8, 4) is 28.3 Å². The predicted octanol–water partition coefficient (Wildman–Crippen LogP) is 5.83. The first kappa shape index (κ1) is 20.1. The average molecular weight is 444 g/mol. The van der Waals surface area contributed by atoms with Crippen molar-refractivity contribution in [1.29, 1.82) is 0 Å². The minimum Gasteiger partial charge on any atom is -0.497 e. The Morgan fingerprint density at radius 2 is 2.00 bits per heavy atom. The third-order valence-electron chi connectivity index (χ3n) is 4.40. The lowest BCUT2D eigenvalue weighted by Gasteiger charge is -2.06. The van der Waals surface area contributed by atoms with Crippen molar-refractivity contribution in [3.63, 3.8) is 0 Å². The molecule has 0 saturated heterocycles. The molecule has 30 heavy (non-hydrogen) atoms. The van der Waals surface area contributed by atoms with Gasteiger partial charge in [-0.05, 0) is 43.3 Å². The molecule has 0 aliphatic rings. The monoisotopic (exact) mass is 443 g/mol. The Labute approximate surface area is 180 Å². The van der Waals surface area contributed by atoms with Gasteiger partial charge in [0.05, 0.1) is 23.4 Å². The summed E-state index contributed by atoms with van der Waals surface area (Å²) in [4.78, 5) is 17.4. The topological polar surface area (TPSA) is 77.2 Å². The van der Waals surface area contributed by atoms with Gasteiger partial charge in [0.1, 0.15) is 28.6 Å². The summed E-state index contributed by atoms with van der Waals surface area (Å²) in [7, 11) is 1.60. The SMILES string of the molecule is COc1ccc(-c2csc(NC(=O)c3c(-c4c(F)cccc4Cl)noc3C)n2)cc1. The van der Waals surface area contributed by atoms with Crippen molar-refractivity contribution in [1.82, 2.24) is 10.1 Å². The number of hydrogen-bond acceptors (Lipinski definition) is 6. The van der Waals surface area contributed by atoms with Crippen LogP contribution in [-0.2, 0) is 0 Å². The second-order valence-corrected chi connectivity index (χ2v) is 7.54. The van der Waals surface area contributed by atoms with E-state index in [0.717, 1.165) is 11.3 Å². The molecule has 0 atom stereocenters. The van der Waals surface area contributed by atoms with Crippen molar-refractivity contribution in [3.05, 3.63) is 70.0 Å². The van der Waals surface area contributed by atoms with E-state index in [4.69, 9.17) is 20.9 Å². The zero-order valence-corrected chi connectivity index (χ0v) is 17.5. The van der Waals surface area contributed by atoms with Crippen molar-refractivity contribution < 1.29 is 18.4 Å². The first-order valence-corrected chi connectivity index (χ1v) is 10.1. The fourth-order valence-corrected chi connectivity index (χ4v) is 3.89. The van der Waals surface area contributed by atoms with E-state index in [0.29, 0.717) is 10.8 Å². The minimum absolute atomic E-state index is 0.0132. The lowest BCUT2D eigenvalue weighted by atomic mass is 10.1. The van der Waals surface area contributed by atoms with Crippen molar-refractivity contribution in [2.75, 3.05) is 12.4 Å². The molecule has 2 heterocycles. The van der Waals surface area contributed by atoms with Crippen LogP contribution in [0, 0.1) is 12.7 Å². The number of thiazole rings is 1. The molecule has 1 amide bonds. The molecule has 1 N–H and O–H groups in total. The van der Waals surface area contributed by atoms with Crippen LogP contribution in [0.4, 0.5) is 9.52 Å². The van der Waals surface area contributed by atoms with Crippen LogP contribution in [-0.4, -0.2) is 23.2 Å². The number of ether oxygens (including phenoxy) is 1. The van der Waals surface area contributed by atoms with Crippen LogP contribution in [0.5, 0.6) is 5.75 Å². The Hall–Kier alpha value is -3.23. The summed E-state index contributed by atoms with van der Waals surface area (Å²) in [6.07, 6.45) is 0. The molecule has 4 aromatic rings. The molecule has 6 nitrogen and oxygen atoms in total. The zero-order valence-electron chi connectivity index (χ0n) is 15.9. The third kappa shape index (κ3) is 3.79. The number of halogens is 2. The van der Waals surface area contributed by atoms with Gasteiger partial charge in [0.2, 0.25) is 0 Å². The van der Waals surface area contributed by atoms with Gasteiger partial charge in [0.15, 0.2) is 5.13 Å². The molecule has 0 fully saturated rings. The maximum absolute atomic E-state index is 14.3. The number of nitrogens with zero attached hydrogens (tertiary/aromatic N) is 2. The standard InChI is InChI=1S/C21H15ClFN3O3S/c1-11-17(19(26-29-11)18-14(22)4-3-5-15(18)23)20(27)25-21-24-16(10-30-21)12-6-8-13(28-2)9-7-12/h3-10H,1-2H3,(H,24,25,27). The molecule has 2 aromatic carbocycles. The molecule has 152 valence electrons. The van der Waals surface area contributed by atoms with E-state index in [1.165, 1.54) is 29.5 Å². The second kappa shape index (κ2) is 8.25. The normalized spacial score (nSPS) is 10.8. The maximum Gasteiger partial charge on any atom is 0.263 e. The van der Waals surface area contributed by atoms with E-state index < -0.39 is 11.7 Å². The maximum atomic E-state index is 14.3. The summed E-state index contributed by atoms with van der Waals surface area (Å²) in [6, 6.07) is 11.7. The largest absolute Gasteiger partial charge is 0.497 e. The number of anilines is 1. The highest BCUT2D eigenvalue weighted by Gasteiger charge is 2.26. The number of aryl methyl sites for hydroxylation is 1. The van der Waals surface area contributed by atoms with E-state index >= 15 is 0 Å². The molecule has 0 spiro atoms. The van der Waals surface area contributed by atoms with Gasteiger partial charge >= 0.3 is 0 Å². The number of carbonyl (C=O) groups is 1. The molecule has 0 saturated carbocycles. The smallest absolute Gasteiger partial charge is 0.263 e. The Morgan fingerprint density at radius 1 is 1.23 bits per heavy atom. The summed E-state index contributed by atoms with van der Waals surface area (Å²) < 4.78 is 24.6. The molecule has 0 unspecified atom stereocenters. The minimum atomic E-state index is -0.596. The van der Waals surface area contributed by atoms with Gasteiger partial charge in [-0.15, -0.1) is 11.3 Å². The molecule has 0 aliphatic heterocycles. The van der Waals surface area contributed by atoms with E-state index in [2.05, 4.69) is 15.5 Å². The number of amides is 1. The summed E-state index contributed by atoms with van der Waals surface area (Å²) >= 11 is 7.40. The van der Waals surface area contributed by atoms with Gasteiger partial charge in [-0.3, -0.25) is 10.1 Å². The van der Waals surface area contributed by atoms with Crippen LogP contribution in [0.15, 0.2) is 52.4 Å². The van der Waals surface area contributed by atoms with Crippen LogP contribution >= 0.6 is 22.9 Å². The van der Waals surface area contributed by atoms with Crippen LogP contribution in [0.25, 0.3) is 22.5 Å². The van der Waals surface area contributed by atoms with Gasteiger partial charge in [-0.2, -0.15) is 0 Å². The lowest BCUT2D eigenvalue weighted by molar-refractivity contribution is 0.102. The third-order valence-corrected chi connectivity index (χ3v) is 5.47. The van der Waals surface area contributed by atoms with Crippen molar-refractivity contribution in [2.24, 2.45) is 0 Å². The molecule has 0 radical (unpaired) electrons. The van der Waals surface area contributed by atoms with Crippen molar-refractivity contribution in [2.45, 2.75) is 6.92 Å². The molecule has 0 bridgehead atoms. The fourth-order valence-electron chi connectivity index (χ4n) is 2.92. The number of methoxy groups -OCH3 is 1. The van der Waals surface area contributed by atoms with Gasteiger partial charge in [-0.25, -0.2) is 9.37 Å². The Kier molecular flexibility index (Phi) is 5.52. The van der Waals surface area contributed by atoms with Gasteiger partial charge in [-0.1, -0.05) is 22.8 Å². The number of aromatic nitrogens is 2. The average Bonchev–Trinajstić information content (AvgIpc) is 3.35. The fraction of sp³-hybridized carbons (Fsp3) is 0.0952. The zero-order chi connectivity index (χ0) is 21.3. The number of benzene rings is 2. The van der Waals surface area contributed by atoms with Crippen LogP contribution in [0.2, 0.25) is 5.02 Å². The Morgan fingerprint density at radius 3 is 2.70 bits per heavy atom. The van der Waals surface area contributed by atoms with Crippen LogP contribution in [0.1, 0.15) is 16.1 Å². The summed E-state index contributed by atoms with van der Waals surface area (Å²) in [6.45, 7) is 1.57. The molecule has 0 aliphatic carbocycles. The molecule has 9 heteroatoms. The summed E-state index contributed by atoms with van der Waals surface area (Å²) in [5, 5.41) is 8.92. The summed E-state index contributed by atoms with van der Waals surface area (Å²) in [5.41, 5.74) is 1.74. The first-order chi connectivity index (χ1) is 14.5. The van der Waals surface area contributed by atoms with Crippen molar-refractivity contribution >= 4 is 34.0 Å². The highest BCUT2D eigenvalue weighted by molar-refractivity contribution is 7.14. The number of carbonyl (C=O) groups excluding carboxylic acids is 1. The molecule has 2 aromatic heterocycles. The summed E-state index contributed by atoms with van der Waals surface area (Å²) in [5.74, 6) is -0.127. The van der Waals surface area contributed by atoms with Crippen LogP contribution in [0.3, 0.4) is 0 Å². The first-order valence-electron chi connectivity index (χ1n) is 8.80. The van der Waals surface area contributed by atoms with Gasteiger partial charge < -0.3 is 9.26 Å². The van der Waals surface area contributed by atoms with E-state index in [1.54, 1.807) is 14.0 Å². The number of nitrogens with one attached hydrogen (secondary N) is 1. The Bertz CT molecular complexity index is 1200. The lowest BCUT2D eigenvalue weighted by Crippen LogP contribution is -2.13. The second-order valence-electron chi connectivity index (χ2n) is 6.28. The highest BCUT2D eigenvalue weighted by atomic mass is 35.5. The molecular formula is C21H15ClFN3O3S. The van der Waals surface area contributed by atoms with E-state index in [-0.39, 0.29) is 27.6 Å². The van der Waals surface area contributed by atoms with Gasteiger partial charge in [0, 0.05) is 10.9 Å². The quantitative estimate of drug-likeness (QED) is 0.420. The van der Waals surface area contributed by atoms with E-state index in [1.807, 2.05) is 29.6 Å². The molecular weight excluding hydrogens is 429 g/mol. The predicted molar refractivity (Wildman–Crippen MR) is 114 cm³/mol. The number of hydrogen-bond donors (Lipinski definition) is 1. The van der Waals surface area contributed by atoms with Crippen LogP contribution < -0.4 is 10.1 Å².